The van der Waals surface area contributed by atoms with Crippen LogP contribution in [0.4, 0.5) is 0 Å². The molecule has 0 unspecified atom stereocenters. The van der Waals surface area contributed by atoms with E-state index in [4.69, 9.17) is 19.5 Å². The smallest absolute Gasteiger partial charge is 0.253 e. The molecule has 0 radical (unpaired) electrons. The Balaban J connectivity index is 1.53. The van der Waals surface area contributed by atoms with E-state index in [0.717, 1.165) is 25.7 Å². The van der Waals surface area contributed by atoms with Crippen LogP contribution in [-0.2, 0) is 0 Å². The van der Waals surface area contributed by atoms with Gasteiger partial charge in [-0.1, -0.05) is 6.07 Å². The van der Waals surface area contributed by atoms with Gasteiger partial charge in [0.15, 0.2) is 11.5 Å². The SMILES string of the molecule is COc1cccc(OC2CCC(NC(=O)c3ccc(C#N)nc3)CC2)c1OC. The number of hydrogen-bond donors (Lipinski definition) is 1. The van der Waals surface area contributed by atoms with Crippen molar-refractivity contribution in [2.45, 2.75) is 37.8 Å². The minimum absolute atomic E-state index is 0.0609. The molecule has 1 saturated carbocycles. The number of nitriles is 1. The molecule has 7 heteroatoms. The van der Waals surface area contributed by atoms with Crippen molar-refractivity contribution >= 4 is 5.91 Å². The van der Waals surface area contributed by atoms with Crippen molar-refractivity contribution in [1.29, 1.82) is 5.26 Å². The van der Waals surface area contributed by atoms with Crippen molar-refractivity contribution < 1.29 is 19.0 Å². The third-order valence-electron chi connectivity index (χ3n) is 4.81. The quantitative estimate of drug-likeness (QED) is 0.826. The maximum atomic E-state index is 12.3. The molecule has 1 heterocycles. The van der Waals surface area contributed by atoms with Crippen LogP contribution in [0.3, 0.4) is 0 Å². The molecule has 1 amide bonds. The zero-order chi connectivity index (χ0) is 19.9. The zero-order valence-electron chi connectivity index (χ0n) is 16.0. The van der Waals surface area contributed by atoms with Gasteiger partial charge in [0.1, 0.15) is 11.8 Å². The molecule has 1 aliphatic rings. The molecular formula is C21H23N3O4. The first-order valence-corrected chi connectivity index (χ1v) is 9.19. The van der Waals surface area contributed by atoms with E-state index in [2.05, 4.69) is 10.3 Å². The summed E-state index contributed by atoms with van der Waals surface area (Å²) in [6.07, 6.45) is 4.80. The minimum atomic E-state index is -0.171. The molecule has 1 fully saturated rings. The molecule has 1 aromatic carbocycles. The van der Waals surface area contributed by atoms with E-state index in [0.29, 0.717) is 28.5 Å². The lowest BCUT2D eigenvalue weighted by Crippen LogP contribution is -2.39. The van der Waals surface area contributed by atoms with E-state index in [1.165, 1.54) is 6.20 Å². The highest BCUT2D eigenvalue weighted by Gasteiger charge is 2.25. The highest BCUT2D eigenvalue weighted by atomic mass is 16.5. The largest absolute Gasteiger partial charge is 0.493 e. The fourth-order valence-corrected chi connectivity index (χ4v) is 3.32. The third-order valence-corrected chi connectivity index (χ3v) is 4.81. The van der Waals surface area contributed by atoms with E-state index in [9.17, 15) is 4.79 Å². The first-order chi connectivity index (χ1) is 13.6. The Bertz CT molecular complexity index is 853. The Labute approximate surface area is 164 Å². The van der Waals surface area contributed by atoms with Crippen LogP contribution >= 0.6 is 0 Å². The van der Waals surface area contributed by atoms with Crippen molar-refractivity contribution in [3.63, 3.8) is 0 Å². The van der Waals surface area contributed by atoms with Crippen LogP contribution in [0, 0.1) is 11.3 Å². The summed E-state index contributed by atoms with van der Waals surface area (Å²) in [6, 6.07) is 10.8. The van der Waals surface area contributed by atoms with Crippen molar-refractivity contribution in [1.82, 2.24) is 10.3 Å². The van der Waals surface area contributed by atoms with E-state index in [1.54, 1.807) is 26.4 Å². The van der Waals surface area contributed by atoms with Gasteiger partial charge >= 0.3 is 0 Å². The highest BCUT2D eigenvalue weighted by molar-refractivity contribution is 5.94. The summed E-state index contributed by atoms with van der Waals surface area (Å²) in [7, 11) is 3.19. The predicted molar refractivity (Wildman–Crippen MR) is 103 cm³/mol. The maximum Gasteiger partial charge on any atom is 0.253 e. The van der Waals surface area contributed by atoms with Gasteiger partial charge in [0, 0.05) is 12.2 Å². The highest BCUT2D eigenvalue weighted by Crippen LogP contribution is 2.38. The van der Waals surface area contributed by atoms with Gasteiger partial charge in [-0.2, -0.15) is 5.26 Å². The van der Waals surface area contributed by atoms with E-state index >= 15 is 0 Å². The number of aromatic nitrogens is 1. The first-order valence-electron chi connectivity index (χ1n) is 9.19. The van der Waals surface area contributed by atoms with Crippen LogP contribution in [0.15, 0.2) is 36.5 Å². The van der Waals surface area contributed by atoms with Gasteiger partial charge in [-0.3, -0.25) is 4.79 Å². The molecular weight excluding hydrogens is 358 g/mol. The lowest BCUT2D eigenvalue weighted by Gasteiger charge is -2.30. The van der Waals surface area contributed by atoms with Gasteiger partial charge in [0.05, 0.1) is 25.9 Å². The molecule has 0 spiro atoms. The van der Waals surface area contributed by atoms with Gasteiger partial charge in [-0.15, -0.1) is 0 Å². The van der Waals surface area contributed by atoms with Crippen molar-refractivity contribution in [2.75, 3.05) is 14.2 Å². The van der Waals surface area contributed by atoms with Crippen LogP contribution in [0.25, 0.3) is 0 Å². The van der Waals surface area contributed by atoms with E-state index in [1.807, 2.05) is 24.3 Å². The van der Waals surface area contributed by atoms with Crippen LogP contribution in [0.2, 0.25) is 0 Å². The minimum Gasteiger partial charge on any atom is -0.493 e. The van der Waals surface area contributed by atoms with Crippen molar-refractivity contribution in [3.05, 3.63) is 47.8 Å². The van der Waals surface area contributed by atoms with Crippen molar-refractivity contribution in [2.24, 2.45) is 0 Å². The Morgan fingerprint density at radius 2 is 1.86 bits per heavy atom. The number of nitrogens with one attached hydrogen (secondary N) is 1. The molecule has 0 bridgehead atoms. The standard InChI is InChI=1S/C21H23N3O4/c1-26-18-4-3-5-19(20(18)27-2)28-17-10-8-15(9-11-17)24-21(25)14-6-7-16(12-22)23-13-14/h3-7,13,15,17H,8-11H2,1-2H3,(H,24,25). The number of ether oxygens (including phenoxy) is 3. The average molecular weight is 381 g/mol. The maximum absolute atomic E-state index is 12.3. The number of nitrogens with zero attached hydrogens (tertiary/aromatic N) is 2. The van der Waals surface area contributed by atoms with Crippen LogP contribution in [0.1, 0.15) is 41.7 Å². The van der Waals surface area contributed by atoms with Gasteiger partial charge in [0.25, 0.3) is 5.91 Å². The lowest BCUT2D eigenvalue weighted by atomic mass is 9.92. The lowest BCUT2D eigenvalue weighted by molar-refractivity contribution is 0.0891. The fraction of sp³-hybridized carbons (Fsp3) is 0.381. The number of para-hydroxylation sites is 1. The van der Waals surface area contributed by atoms with Crippen molar-refractivity contribution in [3.8, 4) is 23.3 Å². The van der Waals surface area contributed by atoms with Crippen LogP contribution < -0.4 is 19.5 Å². The normalized spacial score (nSPS) is 18.6. The molecule has 0 saturated heterocycles. The number of carbonyl (C=O) groups excluding carboxylic acids is 1. The van der Waals surface area contributed by atoms with E-state index in [-0.39, 0.29) is 18.1 Å². The Morgan fingerprint density at radius 3 is 2.46 bits per heavy atom. The zero-order valence-corrected chi connectivity index (χ0v) is 16.0. The van der Waals surface area contributed by atoms with Gasteiger partial charge < -0.3 is 19.5 Å². The topological polar surface area (TPSA) is 93.5 Å². The summed E-state index contributed by atoms with van der Waals surface area (Å²) in [5.41, 5.74) is 0.751. The summed E-state index contributed by atoms with van der Waals surface area (Å²) in [5.74, 6) is 1.72. The summed E-state index contributed by atoms with van der Waals surface area (Å²) in [6.45, 7) is 0. The molecule has 0 atom stereocenters. The molecule has 3 rings (SSSR count). The first kappa shape index (κ1) is 19.5. The number of pyridine rings is 1. The molecule has 2 aromatic rings. The molecule has 28 heavy (non-hydrogen) atoms. The number of methoxy groups -OCH3 is 2. The second kappa shape index (κ2) is 9.09. The number of rotatable bonds is 6. The van der Waals surface area contributed by atoms with Gasteiger partial charge in [0.2, 0.25) is 5.75 Å². The molecule has 1 aliphatic carbocycles. The molecule has 146 valence electrons. The molecule has 1 N–H and O–H groups in total. The number of carbonyl (C=O) groups is 1. The molecule has 7 nitrogen and oxygen atoms in total. The fourth-order valence-electron chi connectivity index (χ4n) is 3.32. The predicted octanol–water partition coefficient (Wildman–Crippen LogP) is 3.09. The molecule has 0 aliphatic heterocycles. The summed E-state index contributed by atoms with van der Waals surface area (Å²) < 4.78 is 16.8. The van der Waals surface area contributed by atoms with E-state index < -0.39 is 0 Å². The van der Waals surface area contributed by atoms with Gasteiger partial charge in [-0.25, -0.2) is 4.98 Å². The average Bonchev–Trinajstić information content (AvgIpc) is 2.74. The summed E-state index contributed by atoms with van der Waals surface area (Å²) in [5, 5.41) is 11.8. The van der Waals surface area contributed by atoms with Crippen LogP contribution in [0.5, 0.6) is 17.2 Å². The Morgan fingerprint density at radius 1 is 1.11 bits per heavy atom. The number of hydrogen-bond acceptors (Lipinski definition) is 6. The second-order valence-electron chi connectivity index (χ2n) is 6.60. The van der Waals surface area contributed by atoms with Gasteiger partial charge in [-0.05, 0) is 49.9 Å². The summed E-state index contributed by atoms with van der Waals surface area (Å²) >= 11 is 0. The Hall–Kier alpha value is -3.27. The van der Waals surface area contributed by atoms with Crippen LogP contribution in [-0.4, -0.2) is 37.3 Å². The monoisotopic (exact) mass is 381 g/mol. The number of benzene rings is 1. The molecule has 1 aromatic heterocycles. The third kappa shape index (κ3) is 4.52. The second-order valence-corrected chi connectivity index (χ2v) is 6.60. The number of amides is 1. The summed E-state index contributed by atoms with van der Waals surface area (Å²) in [4.78, 5) is 16.3. The Kier molecular flexibility index (Phi) is 6.33.